The van der Waals surface area contributed by atoms with Gasteiger partial charge in [0.25, 0.3) is 0 Å². The van der Waals surface area contributed by atoms with Crippen molar-refractivity contribution in [1.29, 1.82) is 0 Å². The normalized spacial score (nSPS) is 40.6. The summed E-state index contributed by atoms with van der Waals surface area (Å²) >= 11 is 0. The van der Waals surface area contributed by atoms with E-state index in [0.29, 0.717) is 6.42 Å². The number of hydrogen-bond donors (Lipinski definition) is 1. The molecular weight excluding hydrogens is 191 g/mol. The summed E-state index contributed by atoms with van der Waals surface area (Å²) in [7, 11) is 2.11. The van der Waals surface area contributed by atoms with E-state index in [1.807, 2.05) is 0 Å². The molecule has 0 bridgehead atoms. The minimum absolute atomic E-state index is 0. The topological polar surface area (TPSA) is 15.3 Å². The summed E-state index contributed by atoms with van der Waals surface area (Å²) < 4.78 is 13.1. The van der Waals surface area contributed by atoms with E-state index in [0.717, 1.165) is 32.5 Å². The van der Waals surface area contributed by atoms with Gasteiger partial charge in [-0.1, -0.05) is 0 Å². The maximum absolute atomic E-state index is 13.1. The molecule has 2 aliphatic rings. The van der Waals surface area contributed by atoms with E-state index in [2.05, 4.69) is 17.3 Å². The first kappa shape index (κ1) is 11.2. The fourth-order valence-electron chi connectivity index (χ4n) is 2.48. The smallest absolute Gasteiger partial charge is 0.103 e. The number of likely N-dealkylation sites (N-methyl/N-ethyl adjacent to an activating group) is 1. The standard InChI is InChI=1S/C9H17FN2.ClH/c1-12-5-3-9(7-12)6-8(10)2-4-11-9;/h8,11H,2-7H2,1H3;1H. The van der Waals surface area contributed by atoms with Crippen LogP contribution >= 0.6 is 12.4 Å². The lowest BCUT2D eigenvalue weighted by atomic mass is 9.87. The Morgan fingerprint density at radius 3 is 2.85 bits per heavy atom. The van der Waals surface area contributed by atoms with Crippen LogP contribution in [-0.4, -0.2) is 43.3 Å². The first-order valence-corrected chi connectivity index (χ1v) is 4.78. The van der Waals surface area contributed by atoms with E-state index >= 15 is 0 Å². The minimum Gasteiger partial charge on any atom is -0.310 e. The van der Waals surface area contributed by atoms with E-state index < -0.39 is 6.17 Å². The Labute approximate surface area is 85.3 Å². The summed E-state index contributed by atoms with van der Waals surface area (Å²) in [4.78, 5) is 2.28. The highest BCUT2D eigenvalue weighted by molar-refractivity contribution is 5.85. The van der Waals surface area contributed by atoms with Gasteiger partial charge in [-0.3, -0.25) is 0 Å². The lowest BCUT2D eigenvalue weighted by molar-refractivity contribution is 0.156. The van der Waals surface area contributed by atoms with Crippen LogP contribution in [0.15, 0.2) is 0 Å². The summed E-state index contributed by atoms with van der Waals surface area (Å²) in [5.74, 6) is 0. The van der Waals surface area contributed by atoms with E-state index in [4.69, 9.17) is 0 Å². The molecule has 0 saturated carbocycles. The summed E-state index contributed by atoms with van der Waals surface area (Å²) in [5.41, 5.74) is 0.117. The predicted octanol–water partition coefficient (Wildman–Crippen LogP) is 1.20. The van der Waals surface area contributed by atoms with Crippen molar-refractivity contribution in [2.75, 3.05) is 26.7 Å². The van der Waals surface area contributed by atoms with Crippen LogP contribution in [0.5, 0.6) is 0 Å². The highest BCUT2D eigenvalue weighted by Gasteiger charge is 2.40. The summed E-state index contributed by atoms with van der Waals surface area (Å²) in [5, 5.41) is 3.47. The Balaban J connectivity index is 0.000000845. The molecule has 0 aliphatic carbocycles. The minimum atomic E-state index is -0.572. The number of nitrogens with zero attached hydrogens (tertiary/aromatic N) is 1. The summed E-state index contributed by atoms with van der Waals surface area (Å²) in [6.45, 7) is 2.99. The molecule has 2 saturated heterocycles. The van der Waals surface area contributed by atoms with E-state index in [9.17, 15) is 4.39 Å². The quantitative estimate of drug-likeness (QED) is 0.644. The lowest BCUT2D eigenvalue weighted by Crippen LogP contribution is -2.53. The first-order chi connectivity index (χ1) is 5.70. The van der Waals surface area contributed by atoms with Crippen molar-refractivity contribution in [3.63, 3.8) is 0 Å². The molecule has 0 aromatic rings. The molecule has 13 heavy (non-hydrogen) atoms. The number of nitrogens with one attached hydrogen (secondary N) is 1. The SMILES string of the molecule is CN1CCC2(CC(F)CCN2)C1.Cl. The molecule has 0 aromatic carbocycles. The van der Waals surface area contributed by atoms with Crippen molar-refractivity contribution >= 4 is 12.4 Å². The van der Waals surface area contributed by atoms with Gasteiger partial charge in [-0.2, -0.15) is 0 Å². The van der Waals surface area contributed by atoms with Crippen LogP contribution < -0.4 is 5.32 Å². The van der Waals surface area contributed by atoms with Gasteiger partial charge < -0.3 is 10.2 Å². The zero-order valence-electron chi connectivity index (χ0n) is 8.05. The highest BCUT2D eigenvalue weighted by Crippen LogP contribution is 2.30. The zero-order chi connectivity index (χ0) is 8.60. The van der Waals surface area contributed by atoms with Gasteiger partial charge in [-0.25, -0.2) is 4.39 Å². The molecule has 0 radical (unpaired) electrons. The number of piperidine rings is 1. The van der Waals surface area contributed by atoms with Crippen molar-refractivity contribution in [2.24, 2.45) is 0 Å². The van der Waals surface area contributed by atoms with Gasteiger partial charge in [-0.15, -0.1) is 12.4 Å². The van der Waals surface area contributed by atoms with Crippen LogP contribution in [0, 0.1) is 0 Å². The molecule has 2 fully saturated rings. The average molecular weight is 209 g/mol. The van der Waals surface area contributed by atoms with E-state index in [-0.39, 0.29) is 17.9 Å². The maximum atomic E-state index is 13.1. The predicted molar refractivity (Wildman–Crippen MR) is 54.2 cm³/mol. The van der Waals surface area contributed by atoms with Crippen LogP contribution in [0.2, 0.25) is 0 Å². The Morgan fingerprint density at radius 1 is 1.54 bits per heavy atom. The Bertz CT molecular complexity index is 175. The molecule has 1 N–H and O–H groups in total. The van der Waals surface area contributed by atoms with Crippen LogP contribution in [0.1, 0.15) is 19.3 Å². The molecule has 2 heterocycles. The Hall–Kier alpha value is 0.140. The van der Waals surface area contributed by atoms with Crippen LogP contribution in [-0.2, 0) is 0 Å². The number of alkyl halides is 1. The molecule has 1 spiro atoms. The number of likely N-dealkylation sites (tertiary alicyclic amines) is 1. The third-order valence-electron chi connectivity index (χ3n) is 3.11. The molecule has 0 aromatic heterocycles. The van der Waals surface area contributed by atoms with Gasteiger partial charge in [0.1, 0.15) is 6.17 Å². The van der Waals surface area contributed by atoms with Crippen LogP contribution in [0.4, 0.5) is 4.39 Å². The zero-order valence-corrected chi connectivity index (χ0v) is 8.87. The second-order valence-electron chi connectivity index (χ2n) is 4.28. The molecule has 2 unspecified atom stereocenters. The van der Waals surface area contributed by atoms with Crippen molar-refractivity contribution in [3.05, 3.63) is 0 Å². The van der Waals surface area contributed by atoms with Crippen molar-refractivity contribution in [3.8, 4) is 0 Å². The fourth-order valence-corrected chi connectivity index (χ4v) is 2.48. The third kappa shape index (κ3) is 2.33. The number of hydrogen-bond acceptors (Lipinski definition) is 2. The van der Waals surface area contributed by atoms with Crippen molar-refractivity contribution in [2.45, 2.75) is 31.0 Å². The third-order valence-corrected chi connectivity index (χ3v) is 3.11. The Morgan fingerprint density at radius 2 is 2.31 bits per heavy atom. The molecule has 2 atom stereocenters. The molecule has 78 valence electrons. The van der Waals surface area contributed by atoms with Gasteiger partial charge in [0, 0.05) is 12.1 Å². The lowest BCUT2D eigenvalue weighted by Gasteiger charge is -2.36. The molecule has 2 nitrogen and oxygen atoms in total. The Kier molecular flexibility index (Phi) is 3.55. The second kappa shape index (κ2) is 4.11. The molecule has 4 heteroatoms. The van der Waals surface area contributed by atoms with Crippen molar-refractivity contribution < 1.29 is 4.39 Å². The molecule has 0 amide bonds. The van der Waals surface area contributed by atoms with Gasteiger partial charge in [0.05, 0.1) is 0 Å². The maximum Gasteiger partial charge on any atom is 0.103 e. The van der Waals surface area contributed by atoms with E-state index in [1.54, 1.807) is 0 Å². The van der Waals surface area contributed by atoms with Crippen LogP contribution in [0.3, 0.4) is 0 Å². The molecule has 2 rings (SSSR count). The summed E-state index contributed by atoms with van der Waals surface area (Å²) in [6, 6.07) is 0. The first-order valence-electron chi connectivity index (χ1n) is 4.78. The number of halogens is 2. The number of rotatable bonds is 0. The summed E-state index contributed by atoms with van der Waals surface area (Å²) in [6.07, 6.45) is 1.96. The molecular formula is C9H18ClFN2. The van der Waals surface area contributed by atoms with Crippen molar-refractivity contribution in [1.82, 2.24) is 10.2 Å². The average Bonchev–Trinajstić information content (AvgIpc) is 2.32. The van der Waals surface area contributed by atoms with Gasteiger partial charge >= 0.3 is 0 Å². The van der Waals surface area contributed by atoms with E-state index in [1.165, 1.54) is 0 Å². The van der Waals surface area contributed by atoms with Gasteiger partial charge in [-0.05, 0) is 39.4 Å². The fraction of sp³-hybridized carbons (Fsp3) is 1.00. The largest absolute Gasteiger partial charge is 0.310 e. The second-order valence-corrected chi connectivity index (χ2v) is 4.28. The monoisotopic (exact) mass is 208 g/mol. The molecule has 2 aliphatic heterocycles. The van der Waals surface area contributed by atoms with Crippen LogP contribution in [0.25, 0.3) is 0 Å². The van der Waals surface area contributed by atoms with Gasteiger partial charge in [0.15, 0.2) is 0 Å². The van der Waals surface area contributed by atoms with Gasteiger partial charge in [0.2, 0.25) is 0 Å². The highest BCUT2D eigenvalue weighted by atomic mass is 35.5.